The Morgan fingerprint density at radius 2 is 1.63 bits per heavy atom. The van der Waals surface area contributed by atoms with E-state index in [4.69, 9.17) is 11.6 Å². The number of nitrogens with zero attached hydrogens (tertiary/aromatic N) is 5. The number of rotatable bonds is 5. The summed E-state index contributed by atoms with van der Waals surface area (Å²) in [4.78, 5) is 22.4. The molecule has 1 atom stereocenters. The largest absolute Gasteiger partial charge is 0.416 e. The van der Waals surface area contributed by atoms with Gasteiger partial charge < -0.3 is 15.1 Å². The molecule has 3 saturated heterocycles. The molecule has 0 aliphatic carbocycles. The summed E-state index contributed by atoms with van der Waals surface area (Å²) < 4.78 is 67.3. The van der Waals surface area contributed by atoms with Crippen LogP contribution < -0.4 is 15.1 Å². The van der Waals surface area contributed by atoms with Gasteiger partial charge in [0.2, 0.25) is 15.9 Å². The Hall–Kier alpha value is -2.45. The molecule has 206 valence electrons. The molecular formula is C24H28ClF3N6O3S. The lowest BCUT2D eigenvalue weighted by Gasteiger charge is -2.35. The van der Waals surface area contributed by atoms with Crippen molar-refractivity contribution in [2.24, 2.45) is 0 Å². The molecule has 0 radical (unpaired) electrons. The highest BCUT2D eigenvalue weighted by Gasteiger charge is 2.36. The van der Waals surface area contributed by atoms with Crippen LogP contribution >= 0.6 is 11.6 Å². The second-order valence-corrected chi connectivity index (χ2v) is 11.9. The lowest BCUT2D eigenvalue weighted by atomic mass is 10.2. The van der Waals surface area contributed by atoms with E-state index in [0.29, 0.717) is 18.7 Å². The second-order valence-electron chi connectivity index (χ2n) is 9.57. The van der Waals surface area contributed by atoms with Gasteiger partial charge in [-0.1, -0.05) is 11.6 Å². The van der Waals surface area contributed by atoms with E-state index in [1.165, 1.54) is 16.4 Å². The van der Waals surface area contributed by atoms with E-state index in [0.717, 1.165) is 38.3 Å². The summed E-state index contributed by atoms with van der Waals surface area (Å²) in [7, 11) is -3.83. The van der Waals surface area contributed by atoms with Gasteiger partial charge in [0, 0.05) is 77.1 Å². The van der Waals surface area contributed by atoms with Gasteiger partial charge in [0.25, 0.3) is 0 Å². The maximum absolute atomic E-state index is 13.3. The summed E-state index contributed by atoms with van der Waals surface area (Å²) in [5.41, 5.74) is -0.248. The van der Waals surface area contributed by atoms with Crippen molar-refractivity contribution in [3.63, 3.8) is 0 Å². The molecule has 0 saturated carbocycles. The number of nitrogens with one attached hydrogen (secondary N) is 1. The molecule has 9 nitrogen and oxygen atoms in total. The number of sulfonamides is 1. The summed E-state index contributed by atoms with van der Waals surface area (Å²) in [6, 6.07) is 8.11. The Balaban J connectivity index is 1.23. The molecule has 1 amide bonds. The third-order valence-corrected chi connectivity index (χ3v) is 9.34. The molecule has 0 spiro atoms. The quantitative estimate of drug-likeness (QED) is 0.550. The van der Waals surface area contributed by atoms with E-state index >= 15 is 0 Å². The maximum atomic E-state index is 13.3. The Labute approximate surface area is 224 Å². The van der Waals surface area contributed by atoms with Crippen LogP contribution in [0.4, 0.5) is 24.7 Å². The minimum atomic E-state index is -4.57. The first-order valence-corrected chi connectivity index (χ1v) is 14.2. The van der Waals surface area contributed by atoms with Crippen molar-refractivity contribution in [3.05, 3.63) is 47.1 Å². The van der Waals surface area contributed by atoms with Crippen LogP contribution in [0.3, 0.4) is 0 Å². The van der Waals surface area contributed by atoms with Gasteiger partial charge in [-0.15, -0.1) is 0 Å². The molecule has 1 aromatic carbocycles. The van der Waals surface area contributed by atoms with Crippen LogP contribution in [0.2, 0.25) is 5.15 Å². The van der Waals surface area contributed by atoms with Crippen LogP contribution in [0.25, 0.3) is 0 Å². The fraction of sp³-hybridized carbons (Fsp3) is 0.500. The van der Waals surface area contributed by atoms with Gasteiger partial charge in [0.05, 0.1) is 10.5 Å². The van der Waals surface area contributed by atoms with Crippen molar-refractivity contribution in [2.45, 2.75) is 23.5 Å². The Morgan fingerprint density at radius 3 is 2.26 bits per heavy atom. The van der Waals surface area contributed by atoms with Crippen molar-refractivity contribution >= 4 is 39.0 Å². The number of carbonyl (C=O) groups excluding carboxylic acids is 1. The molecule has 1 N–H and O–H groups in total. The molecule has 0 bridgehead atoms. The fourth-order valence-electron chi connectivity index (χ4n) is 5.14. The predicted molar refractivity (Wildman–Crippen MR) is 137 cm³/mol. The van der Waals surface area contributed by atoms with Crippen LogP contribution in [0.5, 0.6) is 0 Å². The number of hydrogen-bond donors (Lipinski definition) is 1. The van der Waals surface area contributed by atoms with E-state index in [1.807, 2.05) is 0 Å². The first kappa shape index (κ1) is 27.1. The zero-order valence-corrected chi connectivity index (χ0v) is 22.1. The molecule has 14 heteroatoms. The smallest absolute Gasteiger partial charge is 0.354 e. The molecule has 3 aliphatic heterocycles. The molecule has 5 rings (SSSR count). The summed E-state index contributed by atoms with van der Waals surface area (Å²) >= 11 is 5.80. The van der Waals surface area contributed by atoms with Gasteiger partial charge in [-0.25, -0.2) is 13.4 Å². The van der Waals surface area contributed by atoms with Crippen LogP contribution in [-0.4, -0.2) is 93.5 Å². The van der Waals surface area contributed by atoms with E-state index in [9.17, 15) is 26.4 Å². The molecule has 38 heavy (non-hydrogen) atoms. The normalized spacial score (nSPS) is 22.3. The summed E-state index contributed by atoms with van der Waals surface area (Å²) in [6.07, 6.45) is -4.12. The maximum Gasteiger partial charge on any atom is 0.416 e. The molecule has 4 heterocycles. The Kier molecular flexibility index (Phi) is 7.57. The number of aromatic nitrogens is 1. The molecule has 1 aromatic heterocycles. The molecular weight excluding hydrogens is 545 g/mol. The Bertz CT molecular complexity index is 1280. The minimum absolute atomic E-state index is 0.0172. The van der Waals surface area contributed by atoms with Crippen molar-refractivity contribution in [1.82, 2.24) is 19.5 Å². The lowest BCUT2D eigenvalue weighted by Crippen LogP contribution is -2.49. The van der Waals surface area contributed by atoms with Gasteiger partial charge in [-0.2, -0.15) is 17.5 Å². The molecule has 3 fully saturated rings. The molecule has 1 unspecified atom stereocenters. The average molecular weight is 573 g/mol. The SMILES string of the molecule is O=C1CC(N2CCNCC2)CN1c1ccc(S(=O)(=O)N2CCN(c3cc(C(F)(F)F)cc(Cl)n3)CC2)cc1. The van der Waals surface area contributed by atoms with Crippen LogP contribution in [0.1, 0.15) is 12.0 Å². The highest BCUT2D eigenvalue weighted by atomic mass is 35.5. The van der Waals surface area contributed by atoms with Gasteiger partial charge in [0.1, 0.15) is 11.0 Å². The van der Waals surface area contributed by atoms with Crippen molar-refractivity contribution < 1.29 is 26.4 Å². The van der Waals surface area contributed by atoms with E-state index in [2.05, 4.69) is 15.2 Å². The highest BCUT2D eigenvalue weighted by molar-refractivity contribution is 7.89. The summed E-state index contributed by atoms with van der Waals surface area (Å²) in [5, 5.41) is 3.03. The Morgan fingerprint density at radius 1 is 0.974 bits per heavy atom. The van der Waals surface area contributed by atoms with Gasteiger partial charge in [-0.05, 0) is 36.4 Å². The van der Waals surface area contributed by atoms with Gasteiger partial charge in [0.15, 0.2) is 0 Å². The number of pyridine rings is 1. The fourth-order valence-corrected chi connectivity index (χ4v) is 6.77. The van der Waals surface area contributed by atoms with E-state index < -0.39 is 21.8 Å². The highest BCUT2D eigenvalue weighted by Crippen LogP contribution is 2.33. The van der Waals surface area contributed by atoms with Crippen molar-refractivity contribution in [1.29, 1.82) is 0 Å². The lowest BCUT2D eigenvalue weighted by molar-refractivity contribution is -0.137. The van der Waals surface area contributed by atoms with Crippen LogP contribution in [-0.2, 0) is 21.0 Å². The van der Waals surface area contributed by atoms with Gasteiger partial charge >= 0.3 is 6.18 Å². The third-order valence-electron chi connectivity index (χ3n) is 7.23. The summed E-state index contributed by atoms with van der Waals surface area (Å²) in [5.74, 6) is 0.0733. The van der Waals surface area contributed by atoms with E-state index in [1.54, 1.807) is 21.9 Å². The van der Waals surface area contributed by atoms with Crippen LogP contribution in [0, 0.1) is 0 Å². The number of alkyl halides is 3. The predicted octanol–water partition coefficient (Wildman–Crippen LogP) is 2.28. The second kappa shape index (κ2) is 10.6. The van der Waals surface area contributed by atoms with Gasteiger partial charge in [-0.3, -0.25) is 9.69 Å². The topological polar surface area (TPSA) is 89.1 Å². The number of amides is 1. The number of benzene rings is 1. The number of anilines is 2. The molecule has 3 aliphatic rings. The number of carbonyl (C=O) groups is 1. The number of piperazine rings is 2. The zero-order chi connectivity index (χ0) is 27.1. The van der Waals surface area contributed by atoms with Crippen LogP contribution in [0.15, 0.2) is 41.3 Å². The average Bonchev–Trinajstić information content (AvgIpc) is 3.30. The third kappa shape index (κ3) is 5.62. The van der Waals surface area contributed by atoms with Crippen molar-refractivity contribution in [2.75, 3.05) is 68.7 Å². The minimum Gasteiger partial charge on any atom is -0.354 e. The van der Waals surface area contributed by atoms with E-state index in [-0.39, 0.29) is 54.0 Å². The first-order valence-electron chi connectivity index (χ1n) is 12.4. The van der Waals surface area contributed by atoms with Crippen molar-refractivity contribution in [3.8, 4) is 0 Å². The zero-order valence-electron chi connectivity index (χ0n) is 20.5. The standard InChI is InChI=1S/C24H28ClF3N6O3S/c25-21-13-17(24(26,27)28)14-22(30-21)32-9-11-33(12-10-32)38(36,37)20-3-1-18(2-4-20)34-16-19(15-23(34)35)31-7-5-29-6-8-31/h1-4,13-14,19,29H,5-12,15-16H2. The number of hydrogen-bond acceptors (Lipinski definition) is 7. The monoisotopic (exact) mass is 572 g/mol. The number of halogens is 4. The first-order chi connectivity index (χ1) is 18.0. The summed E-state index contributed by atoms with van der Waals surface area (Å²) in [6.45, 7) is 4.65. The molecule has 2 aromatic rings.